The van der Waals surface area contributed by atoms with E-state index in [1.807, 2.05) is 26.8 Å². The van der Waals surface area contributed by atoms with E-state index in [1.54, 1.807) is 38.1 Å². The number of carboxylic acid groups (broad SMARTS) is 1. The third-order valence-corrected chi connectivity index (χ3v) is 13.2. The van der Waals surface area contributed by atoms with Gasteiger partial charge in [-0.15, -0.1) is 0 Å². The fourth-order valence-corrected chi connectivity index (χ4v) is 9.33. The van der Waals surface area contributed by atoms with Gasteiger partial charge in [-0.1, -0.05) is 51.5 Å². The van der Waals surface area contributed by atoms with Gasteiger partial charge in [0.1, 0.15) is 23.4 Å². The van der Waals surface area contributed by atoms with E-state index in [-0.39, 0.29) is 43.3 Å². The molecular weight excluding hydrogens is 704 g/mol. The number of fused-ring (bicyclic) bond motifs is 1. The zero-order valence-corrected chi connectivity index (χ0v) is 31.4. The number of carbonyl (C=O) groups is 4. The minimum absolute atomic E-state index is 0.00744. The van der Waals surface area contributed by atoms with Gasteiger partial charge in [-0.3, -0.25) is 24.0 Å². The molecule has 2 aliphatic heterocycles. The normalized spacial score (nSPS) is 25.7. The molecule has 2 aliphatic carbocycles. The van der Waals surface area contributed by atoms with Crippen molar-refractivity contribution in [3.63, 3.8) is 0 Å². The SMILES string of the molecule is CC[C@@H]1C[C@]1(NC(=O)[C@@H]1C[C@@H](C2c3cccc(F)c3CN2C(=O)O)CN1C(=O)[C@@H](Nc1cccc(C(C)(C)C#N)c1)C(C)C)C(=O)NS(=O)(=O)C1CC1. The van der Waals surface area contributed by atoms with Gasteiger partial charge < -0.3 is 20.6 Å². The van der Waals surface area contributed by atoms with Crippen LogP contribution >= 0.6 is 0 Å². The molecule has 13 nitrogen and oxygen atoms in total. The summed E-state index contributed by atoms with van der Waals surface area (Å²) in [7, 11) is -3.90. The number of amides is 4. The van der Waals surface area contributed by atoms with Gasteiger partial charge in [0.05, 0.1) is 29.3 Å². The molecule has 1 saturated heterocycles. The summed E-state index contributed by atoms with van der Waals surface area (Å²) in [5, 5.41) is 25.4. The zero-order valence-electron chi connectivity index (χ0n) is 30.6. The van der Waals surface area contributed by atoms with Crippen molar-refractivity contribution in [2.75, 3.05) is 11.9 Å². The molecule has 1 unspecified atom stereocenters. The van der Waals surface area contributed by atoms with Crippen LogP contribution in [0.3, 0.4) is 0 Å². The molecule has 6 atom stereocenters. The Bertz CT molecular complexity index is 1980. The standard InChI is InChI=1S/C38H47FN6O7S/c1-6-23-17-38(23,35(48)43-53(51,52)26-13-14-26)42-33(46)30-15-22(32-27-11-8-12-29(39)28(27)19-45(32)36(49)50)18-44(30)34(47)31(21(2)3)41-25-10-7-9-24(16-25)37(4,5)20-40/h7-12,16,21-23,26,30-32,41H,6,13-15,17-19H2,1-5H3,(H,42,46)(H,43,48)(H,49,50)/t22-,23-,30+,31+,32?,38-/m1/s1. The number of nitriles is 1. The van der Waals surface area contributed by atoms with Gasteiger partial charge in [-0.05, 0) is 80.7 Å². The Morgan fingerprint density at radius 1 is 1.11 bits per heavy atom. The van der Waals surface area contributed by atoms with Crippen LogP contribution < -0.4 is 15.4 Å². The van der Waals surface area contributed by atoms with E-state index in [9.17, 15) is 42.4 Å². The molecule has 2 saturated carbocycles. The van der Waals surface area contributed by atoms with Crippen LogP contribution in [0.2, 0.25) is 0 Å². The largest absolute Gasteiger partial charge is 0.465 e. The fraction of sp³-hybridized carbons (Fsp3) is 0.553. The van der Waals surface area contributed by atoms with Crippen molar-refractivity contribution in [1.29, 1.82) is 5.26 Å². The first-order chi connectivity index (χ1) is 24.9. The molecule has 0 radical (unpaired) electrons. The van der Waals surface area contributed by atoms with Gasteiger partial charge in [0.15, 0.2) is 0 Å². The first kappa shape index (κ1) is 38.0. The maximum absolute atomic E-state index is 15.0. The summed E-state index contributed by atoms with van der Waals surface area (Å²) in [6, 6.07) is 11.0. The zero-order chi connectivity index (χ0) is 38.6. The highest BCUT2D eigenvalue weighted by atomic mass is 32.2. The number of likely N-dealkylation sites (tertiary alicyclic amines) is 1. The number of halogens is 1. The highest BCUT2D eigenvalue weighted by Crippen LogP contribution is 2.48. The maximum atomic E-state index is 15.0. The third kappa shape index (κ3) is 7.17. The van der Waals surface area contributed by atoms with E-state index in [1.165, 1.54) is 17.0 Å². The van der Waals surface area contributed by atoms with E-state index >= 15 is 0 Å². The lowest BCUT2D eigenvalue weighted by molar-refractivity contribution is -0.140. The van der Waals surface area contributed by atoms with Gasteiger partial charge >= 0.3 is 6.09 Å². The minimum atomic E-state index is -3.90. The fourth-order valence-electron chi connectivity index (χ4n) is 7.97. The first-order valence-corrected chi connectivity index (χ1v) is 19.7. The molecule has 3 fully saturated rings. The lowest BCUT2D eigenvalue weighted by Crippen LogP contribution is -2.58. The molecule has 2 aromatic carbocycles. The number of benzene rings is 2. The summed E-state index contributed by atoms with van der Waals surface area (Å²) in [5.41, 5.74) is -0.253. The Kier molecular flexibility index (Phi) is 9.99. The Morgan fingerprint density at radius 3 is 2.42 bits per heavy atom. The van der Waals surface area contributed by atoms with Crippen LogP contribution in [0.15, 0.2) is 42.5 Å². The summed E-state index contributed by atoms with van der Waals surface area (Å²) in [4.78, 5) is 57.8. The molecular formula is C38H47FN6O7S. The predicted octanol–water partition coefficient (Wildman–Crippen LogP) is 4.41. The Hall–Kier alpha value is -4.71. The van der Waals surface area contributed by atoms with E-state index in [2.05, 4.69) is 21.4 Å². The number of sulfonamides is 1. The van der Waals surface area contributed by atoms with Gasteiger partial charge in [-0.25, -0.2) is 17.6 Å². The summed E-state index contributed by atoms with van der Waals surface area (Å²) in [5.74, 6) is -3.70. The molecule has 15 heteroatoms. The second-order valence-electron chi connectivity index (χ2n) is 15.8. The smallest absolute Gasteiger partial charge is 0.408 e. The van der Waals surface area contributed by atoms with Gasteiger partial charge in [0.25, 0.3) is 5.91 Å². The highest BCUT2D eigenvalue weighted by Gasteiger charge is 2.62. The summed E-state index contributed by atoms with van der Waals surface area (Å²) >= 11 is 0. The van der Waals surface area contributed by atoms with Crippen molar-refractivity contribution < 1.29 is 37.1 Å². The van der Waals surface area contributed by atoms with Crippen molar-refractivity contribution in [3.05, 3.63) is 65.0 Å². The predicted molar refractivity (Wildman–Crippen MR) is 193 cm³/mol. The number of carbonyl (C=O) groups excluding carboxylic acids is 3. The molecule has 53 heavy (non-hydrogen) atoms. The second-order valence-corrected chi connectivity index (χ2v) is 17.8. The molecule has 6 rings (SSSR count). The molecule has 4 amide bonds. The molecule has 284 valence electrons. The van der Waals surface area contributed by atoms with Gasteiger partial charge in [-0.2, -0.15) is 5.26 Å². The van der Waals surface area contributed by atoms with Crippen molar-refractivity contribution in [3.8, 4) is 6.07 Å². The third-order valence-electron chi connectivity index (χ3n) is 11.4. The van der Waals surface area contributed by atoms with E-state index in [0.29, 0.717) is 30.5 Å². The van der Waals surface area contributed by atoms with E-state index < -0.39 is 79.9 Å². The number of nitrogens with zero attached hydrogens (tertiary/aromatic N) is 3. The summed E-state index contributed by atoms with van der Waals surface area (Å²) in [6.45, 7) is 8.88. The van der Waals surface area contributed by atoms with Crippen molar-refractivity contribution in [1.82, 2.24) is 19.8 Å². The van der Waals surface area contributed by atoms with Crippen LogP contribution in [0.1, 0.15) is 89.5 Å². The Balaban J connectivity index is 1.34. The molecule has 2 aromatic rings. The molecule has 2 heterocycles. The quantitative estimate of drug-likeness (QED) is 0.244. The summed E-state index contributed by atoms with van der Waals surface area (Å²) < 4.78 is 42.6. The maximum Gasteiger partial charge on any atom is 0.408 e. The minimum Gasteiger partial charge on any atom is -0.465 e. The number of hydrogen-bond acceptors (Lipinski definition) is 8. The number of rotatable bonds is 12. The van der Waals surface area contributed by atoms with Gasteiger partial charge in [0, 0.05) is 23.7 Å². The molecule has 0 spiro atoms. The van der Waals surface area contributed by atoms with E-state index in [4.69, 9.17) is 0 Å². The van der Waals surface area contributed by atoms with Crippen molar-refractivity contribution >= 4 is 39.5 Å². The number of anilines is 1. The van der Waals surface area contributed by atoms with Crippen molar-refractivity contribution in [2.45, 2.75) is 108 Å². The lowest BCUT2D eigenvalue weighted by atomic mass is 9.86. The molecule has 4 N–H and O–H groups in total. The van der Waals surface area contributed by atoms with Crippen LogP contribution in [-0.4, -0.2) is 76.6 Å². The van der Waals surface area contributed by atoms with Crippen LogP contribution in [0.5, 0.6) is 0 Å². The Labute approximate surface area is 309 Å². The molecule has 0 bridgehead atoms. The lowest BCUT2D eigenvalue weighted by Gasteiger charge is -2.32. The Morgan fingerprint density at radius 2 is 1.81 bits per heavy atom. The molecule has 4 aliphatic rings. The number of nitrogens with one attached hydrogen (secondary N) is 3. The first-order valence-electron chi connectivity index (χ1n) is 18.2. The average Bonchev–Trinajstić information content (AvgIpc) is 4.01. The van der Waals surface area contributed by atoms with Gasteiger partial charge in [0.2, 0.25) is 21.8 Å². The average molecular weight is 751 g/mol. The van der Waals surface area contributed by atoms with Crippen LogP contribution in [0.25, 0.3) is 0 Å². The summed E-state index contributed by atoms with van der Waals surface area (Å²) in [6.07, 6.45) is 0.354. The van der Waals surface area contributed by atoms with Crippen LogP contribution in [-0.2, 0) is 36.4 Å². The highest BCUT2D eigenvalue weighted by molar-refractivity contribution is 7.91. The topological polar surface area (TPSA) is 189 Å². The number of hydrogen-bond donors (Lipinski definition) is 4. The van der Waals surface area contributed by atoms with E-state index in [0.717, 1.165) is 10.5 Å². The van der Waals surface area contributed by atoms with Crippen molar-refractivity contribution in [2.24, 2.45) is 17.8 Å². The van der Waals surface area contributed by atoms with Crippen LogP contribution in [0, 0.1) is 34.9 Å². The monoisotopic (exact) mass is 750 g/mol. The van der Waals surface area contributed by atoms with Crippen LogP contribution in [0.4, 0.5) is 14.9 Å². The molecule has 0 aromatic heterocycles. The second kappa shape index (κ2) is 13.9.